The van der Waals surface area contributed by atoms with Crippen LogP contribution in [0.25, 0.3) is 0 Å². The van der Waals surface area contributed by atoms with Gasteiger partial charge in [0.25, 0.3) is 0 Å². The number of hydrogen-bond acceptors (Lipinski definition) is 16. The summed E-state index contributed by atoms with van der Waals surface area (Å²) in [5, 5.41) is 41.7. The molecule has 1 aromatic carbocycles. The summed E-state index contributed by atoms with van der Waals surface area (Å²) < 4.78 is 35.3. The van der Waals surface area contributed by atoms with Gasteiger partial charge in [-0.15, -0.1) is 11.3 Å². The molecule has 2 saturated carbocycles. The first kappa shape index (κ1) is 44.9. The Kier molecular flexibility index (Phi) is 12.7. The van der Waals surface area contributed by atoms with E-state index in [1.54, 1.807) is 56.5 Å². The molecule has 3 fully saturated rings. The van der Waals surface area contributed by atoms with Gasteiger partial charge in [-0.25, -0.2) is 14.4 Å². The number of carbonyl (C=O) groups excluding carboxylic acids is 6. The molecule has 1 saturated heterocycles. The van der Waals surface area contributed by atoms with Gasteiger partial charge in [0.2, 0.25) is 5.91 Å². The fourth-order valence-corrected chi connectivity index (χ4v) is 10.5. The second-order valence-electron chi connectivity index (χ2n) is 16.6. The Labute approximate surface area is 351 Å². The second-order valence-corrected chi connectivity index (χ2v) is 17.6. The first-order valence-electron chi connectivity index (χ1n) is 20.1. The number of aliphatic hydroxyl groups is 3. The molecule has 17 heteroatoms. The van der Waals surface area contributed by atoms with Crippen LogP contribution in [0, 0.1) is 16.7 Å². The molecular weight excluding hydrogens is 803 g/mol. The number of fused-ring (bicyclic) bond motifs is 5. The topological polar surface area (TPSA) is 231 Å². The number of benzene rings is 1. The largest absolute Gasteiger partial charge is 0.509 e. The average molecular weight is 856 g/mol. The molecule has 1 aromatic heterocycles. The second kappa shape index (κ2) is 17.0. The van der Waals surface area contributed by atoms with Crippen molar-refractivity contribution in [2.24, 2.45) is 16.7 Å². The summed E-state index contributed by atoms with van der Waals surface area (Å²) in [6, 6.07) is 9.93. The number of ketones is 1. The van der Waals surface area contributed by atoms with E-state index in [1.807, 2.05) is 0 Å². The van der Waals surface area contributed by atoms with Gasteiger partial charge >= 0.3 is 24.1 Å². The van der Waals surface area contributed by atoms with Crippen molar-refractivity contribution in [3.05, 3.63) is 69.4 Å². The minimum atomic E-state index is -2.40. The van der Waals surface area contributed by atoms with Crippen LogP contribution in [0.4, 0.5) is 4.79 Å². The minimum absolute atomic E-state index is 0.0474. The van der Waals surface area contributed by atoms with E-state index in [9.17, 15) is 39.3 Å². The number of hydrogen-bond donors (Lipinski definition) is 4. The van der Waals surface area contributed by atoms with E-state index in [0.29, 0.717) is 11.3 Å². The van der Waals surface area contributed by atoms with E-state index in [-0.39, 0.29) is 42.8 Å². The van der Waals surface area contributed by atoms with Crippen LogP contribution in [-0.4, -0.2) is 112 Å². The van der Waals surface area contributed by atoms with Gasteiger partial charge in [0.1, 0.15) is 30.0 Å². The lowest BCUT2D eigenvalue weighted by atomic mass is 9.44. The molecule has 2 unspecified atom stereocenters. The first-order valence-corrected chi connectivity index (χ1v) is 20.9. The number of nitrogens with one attached hydrogen (secondary N) is 1. The maximum Gasteiger partial charge on any atom is 0.509 e. The molecule has 2 bridgehead atoms. The van der Waals surface area contributed by atoms with E-state index < -0.39 is 113 Å². The summed E-state index contributed by atoms with van der Waals surface area (Å²) in [4.78, 5) is 83.4. The van der Waals surface area contributed by atoms with Gasteiger partial charge in [-0.1, -0.05) is 45.0 Å². The number of aliphatic hydroxyl groups excluding tert-OH is 2. The number of carbonyl (C=O) groups is 6. The third kappa shape index (κ3) is 7.52. The Bertz CT molecular complexity index is 2020. The van der Waals surface area contributed by atoms with Crippen molar-refractivity contribution in [3.8, 4) is 0 Å². The summed E-state index contributed by atoms with van der Waals surface area (Å²) in [7, 11) is 0. The third-order valence-corrected chi connectivity index (χ3v) is 13.8. The number of amides is 1. The lowest BCUT2D eigenvalue weighted by Gasteiger charge is -2.67. The predicted molar refractivity (Wildman–Crippen MR) is 211 cm³/mol. The highest BCUT2D eigenvalue weighted by atomic mass is 32.1. The van der Waals surface area contributed by atoms with Gasteiger partial charge in [0, 0.05) is 36.5 Å². The Morgan fingerprint density at radius 2 is 1.72 bits per heavy atom. The van der Waals surface area contributed by atoms with Crippen LogP contribution in [0.2, 0.25) is 0 Å². The molecule has 16 nitrogen and oxygen atoms in total. The summed E-state index contributed by atoms with van der Waals surface area (Å²) >= 11 is 1.19. The fraction of sp³-hybridized carbons (Fsp3) is 0.581. The van der Waals surface area contributed by atoms with Crippen molar-refractivity contribution in [2.75, 3.05) is 13.2 Å². The molecule has 1 aliphatic heterocycles. The lowest BCUT2D eigenvalue weighted by molar-refractivity contribution is -0.346. The molecule has 3 aliphatic carbocycles. The van der Waals surface area contributed by atoms with E-state index in [2.05, 4.69) is 5.32 Å². The van der Waals surface area contributed by atoms with Gasteiger partial charge in [0.05, 0.1) is 36.2 Å². The van der Waals surface area contributed by atoms with Crippen LogP contribution < -0.4 is 5.32 Å². The molecule has 326 valence electrons. The monoisotopic (exact) mass is 855 g/mol. The highest BCUT2D eigenvalue weighted by Crippen LogP contribution is 2.64. The van der Waals surface area contributed by atoms with Crippen LogP contribution in [0.3, 0.4) is 0 Å². The molecular formula is C43H53NO15S. The molecule has 0 radical (unpaired) electrons. The van der Waals surface area contributed by atoms with Crippen LogP contribution in [0.1, 0.15) is 95.4 Å². The Morgan fingerprint density at radius 1 is 1.02 bits per heavy atom. The summed E-state index contributed by atoms with van der Waals surface area (Å²) in [5.74, 6) is -5.83. The fourth-order valence-electron chi connectivity index (χ4n) is 9.69. The van der Waals surface area contributed by atoms with Crippen molar-refractivity contribution in [1.29, 1.82) is 0 Å². The molecule has 2 heterocycles. The lowest BCUT2D eigenvalue weighted by Crippen LogP contribution is -2.82. The van der Waals surface area contributed by atoms with Crippen molar-refractivity contribution in [2.45, 2.75) is 128 Å². The minimum Gasteiger partial charge on any atom is -0.456 e. The molecule has 4 aliphatic rings. The smallest absolute Gasteiger partial charge is 0.456 e. The van der Waals surface area contributed by atoms with Crippen LogP contribution in [0.15, 0.2) is 59.0 Å². The quantitative estimate of drug-likeness (QED) is 0.135. The summed E-state index contributed by atoms with van der Waals surface area (Å²) in [5.41, 5.74) is -7.81. The number of thiophene rings is 1. The molecule has 1 amide bonds. The highest BCUT2D eigenvalue weighted by molar-refractivity contribution is 7.10. The standard InChI is InChI=1S/C43H53NO15S/c1-8-14-29(47)44-31(26-17-13-18-60-26)32(48)38(51)56-25-20-43(53)36(58-37(50)24-15-11-10-12-16-24)34-41(7,27(46)19-28-42(34,21-55-28)59-23(4)45)35(49)33(57-39(52)54-9-2)30(22(25)3)40(43,5)6/h10-13,15-18,25,27-28,31-34,36,46,48,53H,8-9,14,19-21H2,1-7H3,(H,44,47)/t25-,27-,28+,31-,32+,33+,34?,36?,41+,42-,43+/m0/s1. The molecule has 60 heavy (non-hydrogen) atoms. The van der Waals surface area contributed by atoms with E-state index in [4.69, 9.17) is 28.4 Å². The van der Waals surface area contributed by atoms with Gasteiger partial charge in [-0.05, 0) is 61.9 Å². The molecule has 2 aromatic rings. The molecule has 4 N–H and O–H groups in total. The third-order valence-electron chi connectivity index (χ3n) is 12.8. The molecule has 11 atom stereocenters. The van der Waals surface area contributed by atoms with Crippen molar-refractivity contribution < 1.29 is 72.5 Å². The average Bonchev–Trinajstić information content (AvgIpc) is 3.73. The normalized spacial score (nSPS) is 32.6. The molecule has 0 spiro atoms. The zero-order chi connectivity index (χ0) is 43.9. The van der Waals surface area contributed by atoms with Crippen molar-refractivity contribution in [3.63, 3.8) is 0 Å². The Hall–Kier alpha value is -4.68. The van der Waals surface area contributed by atoms with Crippen LogP contribution in [-0.2, 0) is 47.6 Å². The summed E-state index contributed by atoms with van der Waals surface area (Å²) in [6.07, 6.45) is -11.2. The van der Waals surface area contributed by atoms with Gasteiger partial charge in [-0.3, -0.25) is 14.4 Å². The summed E-state index contributed by atoms with van der Waals surface area (Å²) in [6.45, 7) is 9.99. The molecule has 6 rings (SSSR count). The highest BCUT2D eigenvalue weighted by Gasteiger charge is 2.78. The number of esters is 3. The van der Waals surface area contributed by atoms with Crippen LogP contribution >= 0.6 is 11.3 Å². The van der Waals surface area contributed by atoms with Gasteiger partial charge < -0.3 is 49.1 Å². The van der Waals surface area contributed by atoms with Crippen molar-refractivity contribution >= 4 is 47.1 Å². The Morgan fingerprint density at radius 3 is 2.30 bits per heavy atom. The zero-order valence-corrected chi connectivity index (χ0v) is 35.4. The number of ether oxygens (including phenoxy) is 6. The van der Waals surface area contributed by atoms with Gasteiger partial charge in [0.15, 0.2) is 23.6 Å². The first-order chi connectivity index (χ1) is 28.3. The maximum atomic E-state index is 15.5. The van der Waals surface area contributed by atoms with E-state index in [0.717, 1.165) is 6.92 Å². The Balaban J connectivity index is 1.57. The van der Waals surface area contributed by atoms with E-state index in [1.165, 1.54) is 44.2 Å². The van der Waals surface area contributed by atoms with E-state index >= 15 is 4.79 Å². The predicted octanol–water partition coefficient (Wildman–Crippen LogP) is 3.89. The number of Topliss-reactive ketones (excluding diaryl/α,β-unsaturated/α-hetero) is 1. The number of rotatable bonds is 12. The SMILES string of the molecule is CCCC(=O)N[C@@H](c1cccs1)[C@@H](O)C(=O)O[C@H]1C[C@@]2(O)C(OC(=O)c3ccccc3)C3[C@](C)(C(=O)[C@H](OC(=O)OCC)C(=C1C)C2(C)C)[C@@H](O)C[C@H]1OC[C@@]31OC(C)=O. The van der Waals surface area contributed by atoms with Gasteiger partial charge in [-0.2, -0.15) is 0 Å². The maximum absolute atomic E-state index is 15.5. The zero-order valence-electron chi connectivity index (χ0n) is 34.6. The van der Waals surface area contributed by atoms with Crippen molar-refractivity contribution in [1.82, 2.24) is 5.32 Å². The van der Waals surface area contributed by atoms with Crippen LogP contribution in [0.5, 0.6) is 0 Å².